The fourth-order valence-corrected chi connectivity index (χ4v) is 11.3. The number of hydrogen-bond donors (Lipinski definition) is 0. The van der Waals surface area contributed by atoms with Crippen molar-refractivity contribution in [1.82, 2.24) is 4.57 Å². The van der Waals surface area contributed by atoms with Crippen LogP contribution in [0.15, 0.2) is 227 Å². The van der Waals surface area contributed by atoms with E-state index in [4.69, 9.17) is 8.83 Å². The normalized spacial score (nSPS) is 12.0. The molecule has 0 aliphatic carbocycles. The van der Waals surface area contributed by atoms with Gasteiger partial charge >= 0.3 is 0 Å². The van der Waals surface area contributed by atoms with Crippen molar-refractivity contribution in [3.63, 3.8) is 0 Å². The maximum Gasteiger partial charge on any atom is 0.145 e. The molecule has 14 rings (SSSR count). The summed E-state index contributed by atoms with van der Waals surface area (Å²) in [6, 6.07) is 78.4. The molecule has 0 aliphatic rings. The van der Waals surface area contributed by atoms with E-state index in [-0.39, 0.29) is 0 Å². The third-order valence-electron chi connectivity index (χ3n) is 13.2. The molecular formula is C60H36N2O2S. The summed E-state index contributed by atoms with van der Waals surface area (Å²) in [5.41, 5.74) is 14.3. The van der Waals surface area contributed by atoms with E-state index in [9.17, 15) is 0 Å². The molecule has 5 heteroatoms. The van der Waals surface area contributed by atoms with Gasteiger partial charge in [0, 0.05) is 75.8 Å². The number of rotatable bonds is 6. The number of anilines is 3. The quantitative estimate of drug-likeness (QED) is 0.167. The number of benzene rings is 10. The van der Waals surface area contributed by atoms with Gasteiger partial charge in [-0.25, -0.2) is 0 Å². The number of thiophene rings is 1. The van der Waals surface area contributed by atoms with E-state index in [1.54, 1.807) is 0 Å². The van der Waals surface area contributed by atoms with Crippen molar-refractivity contribution in [2.75, 3.05) is 4.90 Å². The van der Waals surface area contributed by atoms with Crippen LogP contribution >= 0.6 is 11.3 Å². The maximum absolute atomic E-state index is 6.97. The van der Waals surface area contributed by atoms with Crippen molar-refractivity contribution in [2.45, 2.75) is 0 Å². The average Bonchev–Trinajstić information content (AvgIpc) is 4.13. The predicted octanol–water partition coefficient (Wildman–Crippen LogP) is 17.8. The number of fused-ring (bicyclic) bond motifs is 12. The highest BCUT2D eigenvalue weighted by atomic mass is 32.1. The molecule has 4 aromatic heterocycles. The third kappa shape index (κ3) is 5.56. The van der Waals surface area contributed by atoms with Crippen molar-refractivity contribution in [2.24, 2.45) is 0 Å². The Labute approximate surface area is 377 Å². The summed E-state index contributed by atoms with van der Waals surface area (Å²) < 4.78 is 18.5. The molecule has 0 N–H and O–H groups in total. The standard InChI is InChI=1S/C60H36N2O2S/c1-6-19-51-44(14-1)45-15-2-7-20-52(45)62(51)41-13-11-12-39(34-41)43-31-32-53(59-49-18-4-9-22-55(49)64-60(43)59)61(42-29-30-47-46-16-3-8-21-54(46)63-56(47)36-42)40-27-24-37(25-28-40)38-26-33-58-50(35-38)48-17-5-10-23-57(48)65-58/h1-36H. The minimum atomic E-state index is 0.839. The summed E-state index contributed by atoms with van der Waals surface area (Å²) in [7, 11) is 0. The van der Waals surface area contributed by atoms with E-state index in [0.717, 1.165) is 83.3 Å². The van der Waals surface area contributed by atoms with Gasteiger partial charge in [0.15, 0.2) is 0 Å². The summed E-state index contributed by atoms with van der Waals surface area (Å²) in [6.45, 7) is 0. The lowest BCUT2D eigenvalue weighted by atomic mass is 9.99. The second-order valence-electron chi connectivity index (χ2n) is 16.8. The molecule has 304 valence electrons. The smallest absolute Gasteiger partial charge is 0.145 e. The van der Waals surface area contributed by atoms with Crippen LogP contribution in [0.2, 0.25) is 0 Å². The lowest BCUT2D eigenvalue weighted by Gasteiger charge is -2.27. The first kappa shape index (κ1) is 36.1. The van der Waals surface area contributed by atoms with Crippen LogP contribution in [0.3, 0.4) is 0 Å². The lowest BCUT2D eigenvalue weighted by molar-refractivity contribution is 0.669. The van der Waals surface area contributed by atoms with Crippen LogP contribution in [0, 0.1) is 0 Å². The predicted molar refractivity (Wildman–Crippen MR) is 274 cm³/mol. The molecule has 10 aromatic carbocycles. The Balaban J connectivity index is 0.961. The van der Waals surface area contributed by atoms with Crippen LogP contribution in [-0.4, -0.2) is 4.57 Å². The summed E-state index contributed by atoms with van der Waals surface area (Å²) in [6.07, 6.45) is 0. The third-order valence-corrected chi connectivity index (χ3v) is 14.3. The first-order chi connectivity index (χ1) is 32.2. The van der Waals surface area contributed by atoms with Crippen molar-refractivity contribution in [1.29, 1.82) is 0 Å². The van der Waals surface area contributed by atoms with Crippen molar-refractivity contribution >= 4 is 114 Å². The largest absolute Gasteiger partial charge is 0.456 e. The average molecular weight is 849 g/mol. The number of nitrogens with zero attached hydrogens (tertiary/aromatic N) is 2. The van der Waals surface area contributed by atoms with E-state index < -0.39 is 0 Å². The van der Waals surface area contributed by atoms with E-state index in [0.29, 0.717) is 0 Å². The number of aromatic nitrogens is 1. The van der Waals surface area contributed by atoms with Crippen LogP contribution in [-0.2, 0) is 0 Å². The molecule has 0 unspecified atom stereocenters. The molecular weight excluding hydrogens is 813 g/mol. The van der Waals surface area contributed by atoms with Crippen molar-refractivity contribution in [3.05, 3.63) is 218 Å². The molecule has 4 nitrogen and oxygen atoms in total. The molecule has 0 atom stereocenters. The maximum atomic E-state index is 6.97. The Morgan fingerprint density at radius 1 is 0.369 bits per heavy atom. The first-order valence-corrected chi connectivity index (χ1v) is 22.8. The van der Waals surface area contributed by atoms with Gasteiger partial charge < -0.3 is 18.3 Å². The highest BCUT2D eigenvalue weighted by Gasteiger charge is 2.24. The van der Waals surface area contributed by atoms with E-state index >= 15 is 0 Å². The van der Waals surface area contributed by atoms with Gasteiger partial charge in [0.25, 0.3) is 0 Å². The van der Waals surface area contributed by atoms with Crippen molar-refractivity contribution < 1.29 is 8.83 Å². The van der Waals surface area contributed by atoms with E-state index in [2.05, 4.69) is 216 Å². The summed E-state index contributed by atoms with van der Waals surface area (Å²) in [5.74, 6) is 0. The lowest BCUT2D eigenvalue weighted by Crippen LogP contribution is -2.10. The van der Waals surface area contributed by atoms with Gasteiger partial charge in [0.05, 0.1) is 22.1 Å². The van der Waals surface area contributed by atoms with Gasteiger partial charge in [-0.05, 0) is 108 Å². The molecule has 65 heavy (non-hydrogen) atoms. The zero-order valence-corrected chi connectivity index (χ0v) is 35.7. The number of furan rings is 2. The summed E-state index contributed by atoms with van der Waals surface area (Å²) >= 11 is 1.85. The zero-order chi connectivity index (χ0) is 42.6. The molecule has 4 heterocycles. The highest BCUT2D eigenvalue weighted by molar-refractivity contribution is 7.25. The fraction of sp³-hybridized carbons (Fsp3) is 0. The van der Waals surface area contributed by atoms with Crippen LogP contribution < -0.4 is 4.90 Å². The van der Waals surface area contributed by atoms with Gasteiger partial charge in [-0.1, -0.05) is 121 Å². The number of para-hydroxylation sites is 4. The minimum absolute atomic E-state index is 0.839. The Kier molecular flexibility index (Phi) is 7.82. The van der Waals surface area contributed by atoms with Crippen LogP contribution in [0.25, 0.3) is 114 Å². The van der Waals surface area contributed by atoms with Gasteiger partial charge in [0.1, 0.15) is 22.3 Å². The minimum Gasteiger partial charge on any atom is -0.456 e. The Morgan fingerprint density at radius 2 is 1.00 bits per heavy atom. The zero-order valence-electron chi connectivity index (χ0n) is 34.9. The molecule has 0 aliphatic heterocycles. The summed E-state index contributed by atoms with van der Waals surface area (Å²) in [5, 5.41) is 9.38. The van der Waals surface area contributed by atoms with Crippen LogP contribution in [0.1, 0.15) is 0 Å². The molecule has 0 radical (unpaired) electrons. The highest BCUT2D eigenvalue weighted by Crippen LogP contribution is 2.48. The van der Waals surface area contributed by atoms with Gasteiger partial charge in [-0.15, -0.1) is 11.3 Å². The van der Waals surface area contributed by atoms with E-state index in [1.165, 1.54) is 47.5 Å². The second kappa shape index (κ2) is 14.1. The molecule has 0 amide bonds. The number of hydrogen-bond acceptors (Lipinski definition) is 4. The van der Waals surface area contributed by atoms with Crippen molar-refractivity contribution in [3.8, 4) is 27.9 Å². The first-order valence-electron chi connectivity index (χ1n) is 22.0. The SMILES string of the molecule is c1cc(-c2ccc(N(c3ccc(-c4ccc5sc6ccccc6c5c4)cc3)c3ccc4c(c3)oc3ccccc34)c3c2oc2ccccc23)cc(-n2c3ccccc3c3ccccc32)c1. The molecule has 0 saturated carbocycles. The van der Waals surface area contributed by atoms with Gasteiger partial charge in [-0.2, -0.15) is 0 Å². The molecule has 0 fully saturated rings. The topological polar surface area (TPSA) is 34.5 Å². The van der Waals surface area contributed by atoms with Crippen LogP contribution in [0.5, 0.6) is 0 Å². The monoisotopic (exact) mass is 848 g/mol. The van der Waals surface area contributed by atoms with Crippen LogP contribution in [0.4, 0.5) is 17.1 Å². The molecule has 0 saturated heterocycles. The fourth-order valence-electron chi connectivity index (χ4n) is 10.2. The Morgan fingerprint density at radius 3 is 1.80 bits per heavy atom. The van der Waals surface area contributed by atoms with Gasteiger partial charge in [-0.3, -0.25) is 0 Å². The van der Waals surface area contributed by atoms with E-state index in [1.807, 2.05) is 23.5 Å². The molecule has 0 bridgehead atoms. The Bertz CT molecular complexity index is 4150. The summed E-state index contributed by atoms with van der Waals surface area (Å²) in [4.78, 5) is 2.36. The molecule has 0 spiro atoms. The molecule has 14 aromatic rings. The Hall–Kier alpha value is -8.38. The second-order valence-corrected chi connectivity index (χ2v) is 17.9. The van der Waals surface area contributed by atoms with Gasteiger partial charge in [0.2, 0.25) is 0 Å².